The van der Waals surface area contributed by atoms with Crippen LogP contribution in [-0.4, -0.2) is 157 Å². The number of halogens is 5. The molecule has 16 rings (SSSR count). The molecule has 124 heavy (non-hydrogen) atoms. The molecule has 0 unspecified atom stereocenters. The maximum atomic E-state index is 14.8. The van der Waals surface area contributed by atoms with E-state index in [2.05, 4.69) is 71.8 Å². The molecule has 0 radical (unpaired) electrons. The van der Waals surface area contributed by atoms with E-state index in [9.17, 15) is 42.3 Å². The first-order valence-electron chi connectivity index (χ1n) is 40.7. The molecule has 1 N–H and O–H groups in total. The van der Waals surface area contributed by atoms with Crippen molar-refractivity contribution in [2.75, 3.05) is 53.1 Å². The third kappa shape index (κ3) is 21.1. The first kappa shape index (κ1) is 90.7. The van der Waals surface area contributed by atoms with Gasteiger partial charge in [-0.05, 0) is 187 Å². The lowest BCUT2D eigenvalue weighted by molar-refractivity contribution is -0.156. The molecule has 4 aliphatic rings. The molecule has 0 bridgehead atoms. The van der Waals surface area contributed by atoms with Gasteiger partial charge in [-0.1, -0.05) is 180 Å². The summed E-state index contributed by atoms with van der Waals surface area (Å²) in [6.45, 7) is 20.2. The van der Waals surface area contributed by atoms with E-state index in [-0.39, 0.29) is 79.7 Å². The molecule has 0 saturated carbocycles. The van der Waals surface area contributed by atoms with E-state index in [1.807, 2.05) is 130 Å². The lowest BCUT2D eigenvalue weighted by Crippen LogP contribution is -2.38. The van der Waals surface area contributed by atoms with Gasteiger partial charge in [0.2, 0.25) is 0 Å². The van der Waals surface area contributed by atoms with E-state index in [0.717, 1.165) is 129 Å². The van der Waals surface area contributed by atoms with Crippen molar-refractivity contribution in [2.24, 2.45) is 0 Å². The number of fused-ring (bicyclic) bond motifs is 12. The van der Waals surface area contributed by atoms with Gasteiger partial charge in [0.25, 0.3) is 0 Å². The van der Waals surface area contributed by atoms with Gasteiger partial charge in [0.05, 0.1) is 54.1 Å². The molecule has 0 amide bonds. The largest absolute Gasteiger partial charge is 0.508 e. The lowest BCUT2D eigenvalue weighted by Gasteiger charge is -2.31. The number of thiocarbonyl (C=S) groups is 4. The molecule has 646 valence electrons. The van der Waals surface area contributed by atoms with Crippen LogP contribution in [-0.2, 0) is 126 Å². The highest BCUT2D eigenvalue weighted by atomic mass is 79.9. The summed E-state index contributed by atoms with van der Waals surface area (Å²) < 4.78 is 83.1. The van der Waals surface area contributed by atoms with E-state index in [1.165, 1.54) is 46.1 Å². The Bertz CT molecular complexity index is 6110. The normalized spacial score (nSPS) is 13.7. The van der Waals surface area contributed by atoms with Crippen molar-refractivity contribution in [1.29, 1.82) is 0 Å². The predicted octanol–water partition coefficient (Wildman–Crippen LogP) is 18.4. The molecule has 0 atom stereocenters. The van der Waals surface area contributed by atoms with Crippen molar-refractivity contribution in [1.82, 2.24) is 37.9 Å². The van der Waals surface area contributed by atoms with Gasteiger partial charge in [-0.15, -0.1) is 0 Å². The Labute approximate surface area is 752 Å². The molecule has 4 aliphatic heterocycles. The van der Waals surface area contributed by atoms with Gasteiger partial charge in [-0.3, -0.25) is 19.2 Å². The zero-order valence-electron chi connectivity index (χ0n) is 70.2. The quantitative estimate of drug-likeness (QED) is 0.0405. The van der Waals surface area contributed by atoms with Crippen LogP contribution in [0.5, 0.6) is 11.5 Å². The summed E-state index contributed by atoms with van der Waals surface area (Å²) >= 11 is 33.0. The topological polar surface area (TPSA) is 194 Å². The average molecular weight is 1840 g/mol. The predicted molar refractivity (Wildman–Crippen MR) is 493 cm³/mol. The Kier molecular flexibility index (Phi) is 28.9. The maximum Gasteiger partial charge on any atom is 0.343 e. The number of hydrogen-bond donors (Lipinski definition) is 1. The van der Waals surface area contributed by atoms with Gasteiger partial charge >= 0.3 is 29.8 Å². The van der Waals surface area contributed by atoms with Crippen molar-refractivity contribution in [2.45, 2.75) is 145 Å². The number of aromatic nitrogens is 4. The molecule has 29 heteroatoms. The monoisotopic (exact) mass is 1840 g/mol. The Balaban J connectivity index is 0.000000142. The molecule has 8 heterocycles. The van der Waals surface area contributed by atoms with Crippen molar-refractivity contribution in [3.05, 3.63) is 270 Å². The molecular formula is C95H95BrClF3N8O12S4. The minimum absolute atomic E-state index is 0.0708. The molecule has 4 aromatic heterocycles. The number of ether oxygens (including phenoxy) is 6. The van der Waals surface area contributed by atoms with Gasteiger partial charge in [0.15, 0.2) is 6.61 Å². The van der Waals surface area contributed by atoms with E-state index >= 15 is 0 Å². The molecule has 8 aromatic carbocycles. The third-order valence-corrected chi connectivity index (χ3v) is 23.8. The van der Waals surface area contributed by atoms with Gasteiger partial charge in [0.1, 0.15) is 86.3 Å². The van der Waals surface area contributed by atoms with Crippen molar-refractivity contribution in [3.63, 3.8) is 0 Å². The Morgan fingerprint density at radius 2 is 0.863 bits per heavy atom. The van der Waals surface area contributed by atoms with Crippen molar-refractivity contribution >= 4 is 170 Å². The van der Waals surface area contributed by atoms with Crippen LogP contribution in [0.15, 0.2) is 180 Å². The van der Waals surface area contributed by atoms with E-state index < -0.39 is 34.8 Å². The number of benzene rings is 8. The summed E-state index contributed by atoms with van der Waals surface area (Å²) in [5, 5.41) is 13.9. The molecular weight excluding hydrogens is 1750 g/mol. The maximum absolute atomic E-state index is 14.8. The molecule has 20 nitrogen and oxygen atoms in total. The smallest absolute Gasteiger partial charge is 0.343 e. The fourth-order valence-corrected chi connectivity index (χ4v) is 18.2. The second-order valence-electron chi connectivity index (χ2n) is 32.2. The van der Waals surface area contributed by atoms with Crippen LogP contribution >= 0.6 is 76.4 Å². The number of phenolic OH excluding ortho intramolecular Hbond substituents is 1. The highest BCUT2D eigenvalue weighted by Gasteiger charge is 2.36. The number of methoxy groups -OCH3 is 1. The van der Waals surface area contributed by atoms with E-state index in [1.54, 1.807) is 65.0 Å². The summed E-state index contributed by atoms with van der Waals surface area (Å²) in [6.07, 6.45) is 2.85. The van der Waals surface area contributed by atoms with E-state index in [0.29, 0.717) is 74.8 Å². The fourth-order valence-electron chi connectivity index (χ4n) is 16.2. The first-order chi connectivity index (χ1) is 59.3. The summed E-state index contributed by atoms with van der Waals surface area (Å²) in [6, 6.07) is 54.1. The van der Waals surface area contributed by atoms with E-state index in [4.69, 9.17) is 84.2 Å². The standard InChI is InChI=1S/C25H26N2O5S.C24H22BrF3N2O2S.C24H25ClN2O2S.C22H22N2O3S/c1-3-31-22(28)15-27-21-10-9-18(32-16-23(29)30-2)13-20(21)19-11-12-26(25(33)24(19)27)14-17-7-5-4-6-8-17;1-24(2,3)32-20(31)12-30-19-10-15(26)9-18(28)21(19)16-6-7-29(23(33)22(16)30)11-13-4-5-14(25)8-17(13)27;1-24(2,3)29-21(28)15-27-20-13-17(25)9-10-18(20)19-11-12-26(23(30)22(19)27)14-16-7-5-4-6-8-16;1-2-27-20(26)14-24-19-9-8-16(25)12-18(19)17-10-11-23(22(28)21(17)24)13-15-6-4-3-5-7-15/h4-10,13H,3,11-12,14-16H2,1-2H3;4-5,8-10H,6-7,11-12H2,1-3H3;4-10,13H,11-12,14-15H2,1-3H3;3-9,12,25H,2,10-11,13-14H2,1H3. The number of rotatable bonds is 21. The SMILES string of the molecule is CC(C)(C)OC(=O)Cn1c2c(c3c(F)cc(F)cc31)CCN(Cc1ccc(Br)cc1F)C2=S.CC(C)(C)OC(=O)Cn1c2c(c3ccc(Cl)cc31)CCN(Cc1ccccc1)C2=S.CCOC(=O)Cn1c2c(c3cc(O)ccc31)CCN(Cc1ccccc1)C2=S.CCOC(=O)Cn1c2c(c3cc(OCC(=O)OC)ccc31)CCN(Cc1ccccc1)C2=S. The number of hydrogen-bond acceptors (Lipinski definition) is 16. The van der Waals surface area contributed by atoms with Gasteiger partial charge in [-0.2, -0.15) is 0 Å². The van der Waals surface area contributed by atoms with Crippen molar-refractivity contribution in [3.8, 4) is 11.5 Å². The summed E-state index contributed by atoms with van der Waals surface area (Å²) in [4.78, 5) is 72.4. The number of aromatic hydroxyl groups is 1. The number of carbonyl (C=O) groups is 5. The molecule has 0 saturated heterocycles. The second kappa shape index (κ2) is 39.5. The van der Waals surface area contributed by atoms with Gasteiger partial charge in [0, 0.05) is 106 Å². The Morgan fingerprint density at radius 1 is 0.444 bits per heavy atom. The number of nitrogens with zero attached hydrogens (tertiary/aromatic N) is 8. The highest BCUT2D eigenvalue weighted by molar-refractivity contribution is 9.10. The van der Waals surface area contributed by atoms with Gasteiger partial charge in [-0.25, -0.2) is 18.0 Å². The van der Waals surface area contributed by atoms with Crippen LogP contribution in [0, 0.1) is 17.5 Å². The summed E-state index contributed by atoms with van der Waals surface area (Å²) in [7, 11) is 1.32. The number of esters is 5. The fraction of sp³-hybridized carbons (Fsp3) is 0.316. The van der Waals surface area contributed by atoms with Crippen LogP contribution in [0.3, 0.4) is 0 Å². The summed E-state index contributed by atoms with van der Waals surface area (Å²) in [5.74, 6) is -2.96. The minimum Gasteiger partial charge on any atom is -0.508 e. The number of phenols is 1. The van der Waals surface area contributed by atoms with Crippen LogP contribution in [0.1, 0.15) is 123 Å². The van der Waals surface area contributed by atoms with Crippen LogP contribution in [0.4, 0.5) is 13.2 Å². The highest BCUT2D eigenvalue weighted by Crippen LogP contribution is 2.40. The molecule has 0 spiro atoms. The van der Waals surface area contributed by atoms with Crippen LogP contribution in [0.25, 0.3) is 43.6 Å². The Hall–Kier alpha value is -11.0. The third-order valence-electron chi connectivity index (χ3n) is 21.3. The van der Waals surface area contributed by atoms with Gasteiger partial charge < -0.3 is 71.4 Å². The Morgan fingerprint density at radius 3 is 1.32 bits per heavy atom. The van der Waals surface area contributed by atoms with Crippen LogP contribution < -0.4 is 4.74 Å². The molecule has 12 aromatic rings. The molecule has 0 aliphatic carbocycles. The number of carbonyl (C=O) groups excluding carboxylic acids is 5. The zero-order chi connectivity index (χ0) is 88.6. The summed E-state index contributed by atoms with van der Waals surface area (Å²) in [5.41, 5.74) is 12.8. The van der Waals surface area contributed by atoms with Crippen LogP contribution in [0.2, 0.25) is 5.02 Å². The minimum atomic E-state index is -0.750. The first-order valence-corrected chi connectivity index (χ1v) is 43.5. The second-order valence-corrected chi connectivity index (χ2v) is 35.1. The van der Waals surface area contributed by atoms with Crippen molar-refractivity contribution < 1.29 is 70.7 Å². The zero-order valence-corrected chi connectivity index (χ0v) is 75.8. The lowest BCUT2D eigenvalue weighted by atomic mass is 10.0. The molecule has 0 fully saturated rings. The average Bonchev–Trinajstić information content (AvgIpc) is 1.60.